The molecular formula is C34H27NO3. The Morgan fingerprint density at radius 2 is 1.16 bits per heavy atom. The minimum atomic E-state index is -0.134. The van der Waals surface area contributed by atoms with Crippen LogP contribution in [0, 0.1) is 0 Å². The number of hydrogen-bond donors (Lipinski definition) is 0. The number of aromatic nitrogens is 1. The Morgan fingerprint density at radius 3 is 1.68 bits per heavy atom. The van der Waals surface area contributed by atoms with Gasteiger partial charge in [-0.1, -0.05) is 92.2 Å². The lowest BCUT2D eigenvalue weighted by Crippen LogP contribution is -2.20. The van der Waals surface area contributed by atoms with Crippen LogP contribution in [0.3, 0.4) is 0 Å². The van der Waals surface area contributed by atoms with E-state index in [0.717, 1.165) is 41.1 Å². The molecule has 4 heteroatoms. The van der Waals surface area contributed by atoms with Crippen LogP contribution in [-0.2, 0) is 6.42 Å². The van der Waals surface area contributed by atoms with Gasteiger partial charge >= 0.3 is 0 Å². The minimum Gasteiger partial charge on any atom is -0.497 e. The van der Waals surface area contributed by atoms with Gasteiger partial charge in [-0.15, -0.1) is 0 Å². The Balaban J connectivity index is 1.74. The highest BCUT2D eigenvalue weighted by molar-refractivity contribution is 6.32. The molecule has 0 fully saturated rings. The zero-order valence-corrected chi connectivity index (χ0v) is 21.4. The first kappa shape index (κ1) is 23.7. The molecule has 1 aliphatic rings. The predicted molar refractivity (Wildman–Crippen MR) is 150 cm³/mol. The number of nitrogens with zero attached hydrogens (tertiary/aromatic N) is 1. The first-order valence-corrected chi connectivity index (χ1v) is 12.9. The van der Waals surface area contributed by atoms with E-state index in [1.807, 2.05) is 66.7 Å². The predicted octanol–water partition coefficient (Wildman–Crippen LogP) is 7.55. The van der Waals surface area contributed by atoms with Crippen LogP contribution in [0.25, 0.3) is 28.2 Å². The van der Waals surface area contributed by atoms with E-state index in [4.69, 9.17) is 4.74 Å². The molecule has 0 radical (unpaired) electrons. The lowest BCUT2D eigenvalue weighted by molar-refractivity contribution is 0.0981. The summed E-state index contributed by atoms with van der Waals surface area (Å²) in [6, 6.07) is 33.0. The summed E-state index contributed by atoms with van der Waals surface area (Å²) in [6.07, 6.45) is 2.04. The summed E-state index contributed by atoms with van der Waals surface area (Å²) >= 11 is 0. The maximum Gasteiger partial charge on any atom is 0.196 e. The van der Waals surface area contributed by atoms with Crippen molar-refractivity contribution in [3.05, 3.63) is 131 Å². The van der Waals surface area contributed by atoms with Crippen LogP contribution in [0.5, 0.6) is 5.75 Å². The number of carbonyl (C=O) groups is 2. The smallest absolute Gasteiger partial charge is 0.196 e. The second-order valence-electron chi connectivity index (χ2n) is 9.50. The molecule has 0 N–H and O–H groups in total. The van der Waals surface area contributed by atoms with Crippen LogP contribution in [0.2, 0.25) is 0 Å². The fraction of sp³-hybridized carbons (Fsp3) is 0.118. The number of ketones is 2. The Kier molecular flexibility index (Phi) is 6.01. The third-order valence-corrected chi connectivity index (χ3v) is 7.19. The second kappa shape index (κ2) is 9.64. The number of rotatable bonds is 6. The third-order valence-electron chi connectivity index (χ3n) is 7.19. The van der Waals surface area contributed by atoms with Crippen LogP contribution >= 0.6 is 0 Å². The van der Waals surface area contributed by atoms with Crippen molar-refractivity contribution in [2.45, 2.75) is 19.8 Å². The molecule has 5 aromatic rings. The van der Waals surface area contributed by atoms with E-state index in [0.29, 0.717) is 27.9 Å². The average Bonchev–Trinajstić information content (AvgIpc) is 3.33. The highest BCUT2D eigenvalue weighted by Crippen LogP contribution is 2.44. The van der Waals surface area contributed by atoms with Crippen LogP contribution in [-0.4, -0.2) is 23.2 Å². The quantitative estimate of drug-likeness (QED) is 0.239. The van der Waals surface area contributed by atoms with Gasteiger partial charge < -0.3 is 9.30 Å². The molecular weight excluding hydrogens is 470 g/mol. The van der Waals surface area contributed by atoms with Gasteiger partial charge in [-0.3, -0.25) is 9.59 Å². The molecule has 1 aromatic heterocycles. The summed E-state index contributed by atoms with van der Waals surface area (Å²) in [4.78, 5) is 28.3. The Hall–Kier alpha value is -4.70. The molecule has 4 aromatic carbocycles. The molecule has 38 heavy (non-hydrogen) atoms. The van der Waals surface area contributed by atoms with E-state index in [-0.39, 0.29) is 11.6 Å². The molecule has 0 spiro atoms. The van der Waals surface area contributed by atoms with Crippen molar-refractivity contribution in [2.24, 2.45) is 0 Å². The van der Waals surface area contributed by atoms with Gasteiger partial charge in [-0.2, -0.15) is 0 Å². The van der Waals surface area contributed by atoms with Crippen LogP contribution < -0.4 is 4.74 Å². The van der Waals surface area contributed by atoms with Crippen molar-refractivity contribution in [1.29, 1.82) is 0 Å². The number of hydrogen-bond acceptors (Lipinski definition) is 3. The van der Waals surface area contributed by atoms with E-state index in [2.05, 4.69) is 35.8 Å². The number of ether oxygens (including phenoxy) is 1. The zero-order chi connectivity index (χ0) is 26.2. The van der Waals surface area contributed by atoms with E-state index < -0.39 is 0 Å². The molecule has 0 atom stereocenters. The van der Waals surface area contributed by atoms with Crippen LogP contribution in [0.1, 0.15) is 50.8 Å². The van der Waals surface area contributed by atoms with Gasteiger partial charge in [0.25, 0.3) is 0 Å². The molecule has 186 valence electrons. The van der Waals surface area contributed by atoms with Gasteiger partial charge in [0, 0.05) is 16.8 Å². The van der Waals surface area contributed by atoms with E-state index in [9.17, 15) is 9.59 Å². The van der Waals surface area contributed by atoms with Gasteiger partial charge in [-0.25, -0.2) is 0 Å². The van der Waals surface area contributed by atoms with E-state index in [1.165, 1.54) is 5.56 Å². The van der Waals surface area contributed by atoms with Gasteiger partial charge in [0.15, 0.2) is 11.6 Å². The highest BCUT2D eigenvalue weighted by Gasteiger charge is 2.39. The van der Waals surface area contributed by atoms with Gasteiger partial charge in [0.2, 0.25) is 0 Å². The summed E-state index contributed by atoms with van der Waals surface area (Å²) in [6.45, 7) is 2.16. The lowest BCUT2D eigenvalue weighted by atomic mass is 9.82. The zero-order valence-electron chi connectivity index (χ0n) is 21.4. The number of carbonyl (C=O) groups excluding carboxylic acids is 2. The molecule has 0 bridgehead atoms. The number of aryl methyl sites for hydroxylation is 1. The Morgan fingerprint density at radius 1 is 0.632 bits per heavy atom. The summed E-state index contributed by atoms with van der Waals surface area (Å²) in [5.41, 5.74) is 7.06. The lowest BCUT2D eigenvalue weighted by Gasteiger charge is -2.16. The molecule has 1 aliphatic carbocycles. The number of methoxy groups -OCH3 is 1. The highest BCUT2D eigenvalue weighted by atomic mass is 16.5. The maximum atomic E-state index is 14.2. The van der Waals surface area contributed by atoms with Crippen molar-refractivity contribution >= 4 is 11.6 Å². The standard InChI is InChI=1S/C34H27NO3/c1-3-9-22-14-16-24(17-15-22)32-30-29(33(36)27-12-7-8-13-28(27)34(30)37)31(23-10-5-4-6-11-23)35(32)25-18-20-26(38-2)21-19-25/h4-8,10-21H,3,9H2,1-2H3. The fourth-order valence-electron chi connectivity index (χ4n) is 5.41. The van der Waals surface area contributed by atoms with Crippen molar-refractivity contribution in [3.8, 4) is 34.0 Å². The minimum absolute atomic E-state index is 0.132. The average molecular weight is 498 g/mol. The first-order chi connectivity index (χ1) is 18.6. The summed E-state index contributed by atoms with van der Waals surface area (Å²) in [5, 5.41) is 0. The van der Waals surface area contributed by atoms with Gasteiger partial charge in [0.05, 0.1) is 29.6 Å². The van der Waals surface area contributed by atoms with Crippen molar-refractivity contribution in [2.75, 3.05) is 7.11 Å². The molecule has 0 amide bonds. The molecule has 0 saturated heterocycles. The molecule has 0 unspecified atom stereocenters. The SMILES string of the molecule is CCCc1ccc(-c2c3c(c(-c4ccccc4)n2-c2ccc(OC)cc2)C(=O)c2ccccc2C3=O)cc1. The molecule has 4 nitrogen and oxygen atoms in total. The summed E-state index contributed by atoms with van der Waals surface area (Å²) < 4.78 is 7.48. The monoisotopic (exact) mass is 497 g/mol. The largest absolute Gasteiger partial charge is 0.497 e. The van der Waals surface area contributed by atoms with E-state index in [1.54, 1.807) is 19.2 Å². The summed E-state index contributed by atoms with van der Waals surface area (Å²) in [5.74, 6) is 0.467. The van der Waals surface area contributed by atoms with Crippen LogP contribution in [0.15, 0.2) is 103 Å². The fourth-order valence-corrected chi connectivity index (χ4v) is 5.41. The number of fused-ring (bicyclic) bond motifs is 2. The summed E-state index contributed by atoms with van der Waals surface area (Å²) in [7, 11) is 1.64. The molecule has 1 heterocycles. The van der Waals surface area contributed by atoms with Gasteiger partial charge in [0.1, 0.15) is 5.75 Å². The molecule has 0 aliphatic heterocycles. The Bertz CT molecular complexity index is 1660. The van der Waals surface area contributed by atoms with Crippen molar-refractivity contribution in [3.63, 3.8) is 0 Å². The molecule has 0 saturated carbocycles. The second-order valence-corrected chi connectivity index (χ2v) is 9.50. The number of benzene rings is 4. The van der Waals surface area contributed by atoms with Crippen LogP contribution in [0.4, 0.5) is 0 Å². The molecule has 6 rings (SSSR count). The van der Waals surface area contributed by atoms with Crippen molar-refractivity contribution in [1.82, 2.24) is 4.57 Å². The Labute approximate surface area is 222 Å². The topological polar surface area (TPSA) is 48.3 Å². The van der Waals surface area contributed by atoms with Gasteiger partial charge in [-0.05, 0) is 47.4 Å². The third kappa shape index (κ3) is 3.77. The van der Waals surface area contributed by atoms with E-state index >= 15 is 0 Å². The maximum absolute atomic E-state index is 14.2. The normalized spacial score (nSPS) is 12.3. The first-order valence-electron chi connectivity index (χ1n) is 12.9. The van der Waals surface area contributed by atoms with Crippen molar-refractivity contribution < 1.29 is 14.3 Å².